The SMILES string of the molecule is Cc1cccc(NC(=S)N(C)[C@@H](C)c2nc3ccccc3s2)c1C. The van der Waals surface area contributed by atoms with Crippen molar-refractivity contribution in [2.24, 2.45) is 0 Å². The molecule has 5 heteroatoms. The summed E-state index contributed by atoms with van der Waals surface area (Å²) in [5.41, 5.74) is 4.58. The summed E-state index contributed by atoms with van der Waals surface area (Å²) in [5.74, 6) is 0. The molecule has 0 saturated carbocycles. The molecule has 0 aliphatic heterocycles. The van der Waals surface area contributed by atoms with Crippen LogP contribution in [0.4, 0.5) is 5.69 Å². The van der Waals surface area contributed by atoms with Crippen LogP contribution in [-0.4, -0.2) is 22.0 Å². The zero-order chi connectivity index (χ0) is 17.3. The van der Waals surface area contributed by atoms with Gasteiger partial charge in [0.2, 0.25) is 0 Å². The summed E-state index contributed by atoms with van der Waals surface area (Å²) in [6, 6.07) is 14.6. The predicted molar refractivity (Wildman–Crippen MR) is 108 cm³/mol. The van der Waals surface area contributed by atoms with Crippen molar-refractivity contribution >= 4 is 44.6 Å². The second-order valence-electron chi connectivity index (χ2n) is 5.98. The minimum atomic E-state index is 0.118. The zero-order valence-electron chi connectivity index (χ0n) is 14.3. The molecule has 0 amide bonds. The Morgan fingerprint density at radius 2 is 1.92 bits per heavy atom. The first-order valence-electron chi connectivity index (χ1n) is 7.93. The van der Waals surface area contributed by atoms with Crippen molar-refractivity contribution in [2.75, 3.05) is 12.4 Å². The molecule has 1 aromatic heterocycles. The third kappa shape index (κ3) is 3.28. The van der Waals surface area contributed by atoms with Gasteiger partial charge in [-0.25, -0.2) is 4.98 Å². The molecule has 124 valence electrons. The average molecular weight is 356 g/mol. The van der Waals surface area contributed by atoms with E-state index in [1.807, 2.05) is 25.2 Å². The molecular weight excluding hydrogens is 334 g/mol. The Balaban J connectivity index is 1.78. The lowest BCUT2D eigenvalue weighted by Crippen LogP contribution is -2.33. The molecule has 0 radical (unpaired) electrons. The Hall–Kier alpha value is -1.98. The summed E-state index contributed by atoms with van der Waals surface area (Å²) in [4.78, 5) is 6.81. The Morgan fingerprint density at radius 3 is 2.67 bits per heavy atom. The molecule has 3 nitrogen and oxygen atoms in total. The molecule has 0 aliphatic carbocycles. The van der Waals surface area contributed by atoms with Crippen molar-refractivity contribution in [1.82, 2.24) is 9.88 Å². The molecule has 3 rings (SSSR count). The Labute approximate surface area is 152 Å². The summed E-state index contributed by atoms with van der Waals surface area (Å²) in [7, 11) is 2.01. The number of thiazole rings is 1. The van der Waals surface area contributed by atoms with Gasteiger partial charge in [0.1, 0.15) is 5.01 Å². The van der Waals surface area contributed by atoms with Crippen molar-refractivity contribution in [3.8, 4) is 0 Å². The second kappa shape index (κ2) is 6.87. The van der Waals surface area contributed by atoms with Gasteiger partial charge in [-0.05, 0) is 62.3 Å². The van der Waals surface area contributed by atoms with Crippen molar-refractivity contribution in [2.45, 2.75) is 26.8 Å². The molecule has 3 aromatic rings. The normalized spacial score (nSPS) is 12.2. The molecule has 24 heavy (non-hydrogen) atoms. The monoisotopic (exact) mass is 355 g/mol. The number of aromatic nitrogens is 1. The van der Waals surface area contributed by atoms with Gasteiger partial charge in [0.25, 0.3) is 0 Å². The van der Waals surface area contributed by atoms with Crippen LogP contribution in [0.2, 0.25) is 0 Å². The number of benzene rings is 2. The van der Waals surface area contributed by atoms with Crippen LogP contribution in [0.25, 0.3) is 10.2 Å². The molecule has 0 unspecified atom stereocenters. The van der Waals surface area contributed by atoms with E-state index in [2.05, 4.69) is 55.3 Å². The fraction of sp³-hybridized carbons (Fsp3) is 0.263. The number of fused-ring (bicyclic) bond motifs is 1. The Bertz CT molecular complexity index is 852. The van der Waals surface area contributed by atoms with E-state index in [1.165, 1.54) is 15.8 Å². The van der Waals surface area contributed by atoms with E-state index in [9.17, 15) is 0 Å². The fourth-order valence-corrected chi connectivity index (χ4v) is 3.83. The van der Waals surface area contributed by atoms with E-state index >= 15 is 0 Å². The van der Waals surface area contributed by atoms with Gasteiger partial charge in [0.15, 0.2) is 5.11 Å². The number of anilines is 1. The standard InChI is InChI=1S/C19H21N3S2/c1-12-8-7-10-15(13(12)2)21-19(23)22(4)14(3)18-20-16-9-5-6-11-17(16)24-18/h5-11,14H,1-4H3,(H,21,23)/t14-/m0/s1. The van der Waals surface area contributed by atoms with Gasteiger partial charge in [-0.2, -0.15) is 0 Å². The number of hydrogen-bond acceptors (Lipinski definition) is 3. The van der Waals surface area contributed by atoms with Gasteiger partial charge in [0.05, 0.1) is 16.3 Å². The van der Waals surface area contributed by atoms with E-state index < -0.39 is 0 Å². The minimum Gasteiger partial charge on any atom is -0.343 e. The first kappa shape index (κ1) is 16.9. The van der Waals surface area contributed by atoms with Crippen LogP contribution in [0.5, 0.6) is 0 Å². The maximum atomic E-state index is 5.61. The summed E-state index contributed by atoms with van der Waals surface area (Å²) in [6.07, 6.45) is 0. The Morgan fingerprint density at radius 1 is 1.17 bits per heavy atom. The largest absolute Gasteiger partial charge is 0.343 e. The van der Waals surface area contributed by atoms with Gasteiger partial charge in [-0.1, -0.05) is 24.3 Å². The number of rotatable bonds is 3. The topological polar surface area (TPSA) is 28.2 Å². The lowest BCUT2D eigenvalue weighted by Gasteiger charge is -2.27. The predicted octanol–water partition coefficient (Wildman–Crippen LogP) is 5.30. The smallest absolute Gasteiger partial charge is 0.173 e. The van der Waals surface area contributed by atoms with E-state index in [4.69, 9.17) is 17.2 Å². The quantitative estimate of drug-likeness (QED) is 0.645. The van der Waals surface area contributed by atoms with Crippen molar-refractivity contribution in [1.29, 1.82) is 0 Å². The van der Waals surface area contributed by atoms with Crippen LogP contribution in [0.3, 0.4) is 0 Å². The van der Waals surface area contributed by atoms with Crippen LogP contribution in [0.15, 0.2) is 42.5 Å². The van der Waals surface area contributed by atoms with E-state index in [-0.39, 0.29) is 6.04 Å². The van der Waals surface area contributed by atoms with Crippen LogP contribution in [0.1, 0.15) is 29.1 Å². The van der Waals surface area contributed by atoms with E-state index in [0.29, 0.717) is 5.11 Å². The molecule has 0 fully saturated rings. The highest BCUT2D eigenvalue weighted by molar-refractivity contribution is 7.80. The van der Waals surface area contributed by atoms with E-state index in [0.717, 1.165) is 16.2 Å². The first-order valence-corrected chi connectivity index (χ1v) is 9.15. The van der Waals surface area contributed by atoms with Gasteiger partial charge >= 0.3 is 0 Å². The molecule has 0 saturated heterocycles. The highest BCUT2D eigenvalue weighted by Crippen LogP contribution is 2.29. The number of thiocarbonyl (C=S) groups is 1. The summed E-state index contributed by atoms with van der Waals surface area (Å²) < 4.78 is 1.21. The summed E-state index contributed by atoms with van der Waals surface area (Å²) >= 11 is 7.33. The molecule has 0 aliphatic rings. The third-order valence-electron chi connectivity index (χ3n) is 4.42. The second-order valence-corrected chi connectivity index (χ2v) is 7.43. The molecule has 0 spiro atoms. The lowest BCUT2D eigenvalue weighted by molar-refractivity contribution is 0.407. The van der Waals surface area contributed by atoms with Crippen LogP contribution >= 0.6 is 23.6 Å². The summed E-state index contributed by atoms with van der Waals surface area (Å²) in [5, 5.41) is 5.15. The van der Waals surface area contributed by atoms with E-state index in [1.54, 1.807) is 11.3 Å². The van der Waals surface area contributed by atoms with Gasteiger partial charge in [0, 0.05) is 12.7 Å². The Kier molecular flexibility index (Phi) is 4.83. The third-order valence-corrected chi connectivity index (χ3v) is 6.01. The van der Waals surface area contributed by atoms with Crippen LogP contribution in [0, 0.1) is 13.8 Å². The van der Waals surface area contributed by atoms with Crippen molar-refractivity contribution < 1.29 is 0 Å². The number of hydrogen-bond donors (Lipinski definition) is 1. The fourth-order valence-electron chi connectivity index (χ4n) is 2.50. The van der Waals surface area contributed by atoms with Gasteiger partial charge in [-0.3, -0.25) is 0 Å². The van der Waals surface area contributed by atoms with Gasteiger partial charge < -0.3 is 10.2 Å². The molecule has 0 bridgehead atoms. The zero-order valence-corrected chi connectivity index (χ0v) is 16.0. The van der Waals surface area contributed by atoms with Crippen molar-refractivity contribution in [3.63, 3.8) is 0 Å². The number of aryl methyl sites for hydroxylation is 1. The average Bonchev–Trinajstić information content (AvgIpc) is 3.01. The first-order chi connectivity index (χ1) is 11.5. The molecule has 1 N–H and O–H groups in total. The lowest BCUT2D eigenvalue weighted by atomic mass is 10.1. The highest BCUT2D eigenvalue weighted by Gasteiger charge is 2.19. The maximum absolute atomic E-state index is 5.61. The maximum Gasteiger partial charge on any atom is 0.173 e. The minimum absolute atomic E-state index is 0.118. The van der Waals surface area contributed by atoms with Gasteiger partial charge in [-0.15, -0.1) is 11.3 Å². The highest BCUT2D eigenvalue weighted by atomic mass is 32.1. The van der Waals surface area contributed by atoms with Crippen molar-refractivity contribution in [3.05, 3.63) is 58.6 Å². The number of para-hydroxylation sites is 1. The molecule has 1 atom stereocenters. The van der Waals surface area contributed by atoms with Crippen LogP contribution in [-0.2, 0) is 0 Å². The number of nitrogens with zero attached hydrogens (tertiary/aromatic N) is 2. The number of nitrogens with one attached hydrogen (secondary N) is 1. The molecule has 1 heterocycles. The van der Waals surface area contributed by atoms with Crippen LogP contribution < -0.4 is 5.32 Å². The summed E-state index contributed by atoms with van der Waals surface area (Å²) in [6.45, 7) is 6.35. The molecular formula is C19H21N3S2. The molecule has 2 aromatic carbocycles.